The van der Waals surface area contributed by atoms with Crippen LogP contribution in [0.25, 0.3) is 0 Å². The van der Waals surface area contributed by atoms with E-state index in [1.807, 2.05) is 18.7 Å². The van der Waals surface area contributed by atoms with Gasteiger partial charge in [-0.1, -0.05) is 13.8 Å². The molecule has 1 saturated heterocycles. The highest BCUT2D eigenvalue weighted by Crippen LogP contribution is 2.08. The lowest BCUT2D eigenvalue weighted by Crippen LogP contribution is -2.57. The number of urea groups is 1. The minimum atomic E-state index is -0.826. The maximum Gasteiger partial charge on any atom is 0.320 e. The number of hydrogen-bond donors (Lipinski definition) is 2. The van der Waals surface area contributed by atoms with Crippen molar-refractivity contribution in [3.05, 3.63) is 0 Å². The molecule has 0 radical (unpaired) electrons. The molecule has 7 heteroatoms. The predicted octanol–water partition coefficient (Wildman–Crippen LogP) is 0.458. The Labute approximate surface area is 126 Å². The SMILES string of the molecule is COCC(NC(=O)N1CCN(C(C)C(=O)O)CC1)C(C)C. The molecule has 2 N–H and O–H groups in total. The molecule has 0 aromatic rings. The molecule has 0 bridgehead atoms. The van der Waals surface area contributed by atoms with Gasteiger partial charge < -0.3 is 20.1 Å². The van der Waals surface area contributed by atoms with Crippen molar-refractivity contribution in [2.24, 2.45) is 5.92 Å². The fraction of sp³-hybridized carbons (Fsp3) is 0.857. The van der Waals surface area contributed by atoms with E-state index in [-0.39, 0.29) is 12.1 Å². The van der Waals surface area contributed by atoms with E-state index in [4.69, 9.17) is 9.84 Å². The first-order valence-corrected chi connectivity index (χ1v) is 7.38. The summed E-state index contributed by atoms with van der Waals surface area (Å²) in [6, 6.07) is -0.626. The van der Waals surface area contributed by atoms with Gasteiger partial charge in [-0.2, -0.15) is 0 Å². The molecule has 0 aliphatic carbocycles. The van der Waals surface area contributed by atoms with E-state index >= 15 is 0 Å². The third kappa shape index (κ3) is 5.17. The van der Waals surface area contributed by atoms with E-state index in [0.29, 0.717) is 38.7 Å². The number of rotatable bonds is 6. The summed E-state index contributed by atoms with van der Waals surface area (Å²) in [5, 5.41) is 12.0. The molecule has 1 fully saturated rings. The minimum Gasteiger partial charge on any atom is -0.480 e. The summed E-state index contributed by atoms with van der Waals surface area (Å²) < 4.78 is 5.12. The number of amides is 2. The number of hydrogen-bond acceptors (Lipinski definition) is 4. The number of carbonyl (C=O) groups is 2. The average Bonchev–Trinajstić information content (AvgIpc) is 2.45. The quantitative estimate of drug-likeness (QED) is 0.745. The molecule has 0 spiro atoms. The van der Waals surface area contributed by atoms with Crippen LogP contribution >= 0.6 is 0 Å². The standard InChI is InChI=1S/C14H27N3O4/c1-10(2)12(9-21-4)15-14(20)17-7-5-16(6-8-17)11(3)13(18)19/h10-12H,5-9H2,1-4H3,(H,15,20)(H,18,19). The molecule has 0 saturated carbocycles. The number of piperazine rings is 1. The van der Waals surface area contributed by atoms with Crippen LogP contribution in [0.1, 0.15) is 20.8 Å². The molecule has 2 amide bonds. The molecule has 1 aliphatic rings. The van der Waals surface area contributed by atoms with Gasteiger partial charge in [-0.05, 0) is 12.8 Å². The summed E-state index contributed by atoms with van der Waals surface area (Å²) in [6.45, 7) is 8.48. The lowest BCUT2D eigenvalue weighted by Gasteiger charge is -2.37. The van der Waals surface area contributed by atoms with Gasteiger partial charge in [-0.15, -0.1) is 0 Å². The summed E-state index contributed by atoms with van der Waals surface area (Å²) in [4.78, 5) is 26.8. The first-order chi connectivity index (χ1) is 9.86. The van der Waals surface area contributed by atoms with Gasteiger partial charge in [0.15, 0.2) is 0 Å². The van der Waals surface area contributed by atoms with Gasteiger partial charge in [-0.3, -0.25) is 9.69 Å². The van der Waals surface area contributed by atoms with Crippen LogP contribution in [0.3, 0.4) is 0 Å². The van der Waals surface area contributed by atoms with Gasteiger partial charge in [0, 0.05) is 33.3 Å². The Morgan fingerprint density at radius 3 is 2.19 bits per heavy atom. The molecule has 0 aromatic carbocycles. The Morgan fingerprint density at radius 2 is 1.76 bits per heavy atom. The molecule has 1 rings (SSSR count). The van der Waals surface area contributed by atoms with Gasteiger partial charge in [0.25, 0.3) is 0 Å². The number of nitrogens with one attached hydrogen (secondary N) is 1. The Bertz CT molecular complexity index is 354. The van der Waals surface area contributed by atoms with Crippen LogP contribution in [0, 0.1) is 5.92 Å². The van der Waals surface area contributed by atoms with Crippen molar-refractivity contribution in [2.45, 2.75) is 32.9 Å². The van der Waals surface area contributed by atoms with E-state index in [9.17, 15) is 9.59 Å². The summed E-state index contributed by atoms with van der Waals surface area (Å²) >= 11 is 0. The zero-order valence-electron chi connectivity index (χ0n) is 13.3. The maximum absolute atomic E-state index is 12.2. The molecular weight excluding hydrogens is 274 g/mol. The van der Waals surface area contributed by atoms with E-state index in [2.05, 4.69) is 5.32 Å². The molecular formula is C14H27N3O4. The summed E-state index contributed by atoms with van der Waals surface area (Å²) in [5.74, 6) is -0.532. The van der Waals surface area contributed by atoms with Gasteiger partial charge in [0.2, 0.25) is 0 Å². The number of carboxylic acids is 1. The van der Waals surface area contributed by atoms with Crippen LogP contribution in [-0.2, 0) is 9.53 Å². The average molecular weight is 301 g/mol. The molecule has 1 aliphatic heterocycles. The number of carbonyl (C=O) groups excluding carboxylic acids is 1. The van der Waals surface area contributed by atoms with Crippen molar-refractivity contribution < 1.29 is 19.4 Å². The minimum absolute atomic E-state index is 0.0153. The normalized spacial score (nSPS) is 19.4. The zero-order valence-corrected chi connectivity index (χ0v) is 13.3. The number of aliphatic carboxylic acids is 1. The lowest BCUT2D eigenvalue weighted by molar-refractivity contribution is -0.143. The van der Waals surface area contributed by atoms with Crippen molar-refractivity contribution in [3.63, 3.8) is 0 Å². The second-order valence-electron chi connectivity index (χ2n) is 5.79. The van der Waals surface area contributed by atoms with Crippen molar-refractivity contribution in [3.8, 4) is 0 Å². The largest absolute Gasteiger partial charge is 0.480 e. The number of nitrogens with zero attached hydrogens (tertiary/aromatic N) is 2. The topological polar surface area (TPSA) is 82.1 Å². The van der Waals surface area contributed by atoms with Gasteiger partial charge in [0.05, 0.1) is 12.6 Å². The van der Waals surface area contributed by atoms with Crippen LogP contribution < -0.4 is 5.32 Å². The monoisotopic (exact) mass is 301 g/mol. The van der Waals surface area contributed by atoms with Gasteiger partial charge in [-0.25, -0.2) is 4.79 Å². The fourth-order valence-electron chi connectivity index (χ4n) is 2.30. The summed E-state index contributed by atoms with van der Waals surface area (Å²) in [7, 11) is 1.62. The van der Waals surface area contributed by atoms with Crippen LogP contribution in [-0.4, -0.2) is 78.9 Å². The molecule has 7 nitrogen and oxygen atoms in total. The highest BCUT2D eigenvalue weighted by atomic mass is 16.5. The van der Waals surface area contributed by atoms with Crippen molar-refractivity contribution in [2.75, 3.05) is 39.9 Å². The molecule has 0 aromatic heterocycles. The van der Waals surface area contributed by atoms with E-state index in [1.165, 1.54) is 0 Å². The van der Waals surface area contributed by atoms with Crippen molar-refractivity contribution in [1.29, 1.82) is 0 Å². The van der Waals surface area contributed by atoms with Crippen LogP contribution in [0.4, 0.5) is 4.79 Å². The van der Waals surface area contributed by atoms with E-state index in [0.717, 1.165) is 0 Å². The zero-order chi connectivity index (χ0) is 16.0. The van der Waals surface area contributed by atoms with Gasteiger partial charge >= 0.3 is 12.0 Å². The molecule has 2 atom stereocenters. The highest BCUT2D eigenvalue weighted by molar-refractivity contribution is 5.75. The Balaban J connectivity index is 2.46. The summed E-state index contributed by atoms with van der Waals surface area (Å²) in [6.07, 6.45) is 0. The van der Waals surface area contributed by atoms with E-state index in [1.54, 1.807) is 18.9 Å². The first kappa shape index (κ1) is 17.7. The predicted molar refractivity (Wildman–Crippen MR) is 79.3 cm³/mol. The van der Waals surface area contributed by atoms with Crippen molar-refractivity contribution >= 4 is 12.0 Å². The smallest absolute Gasteiger partial charge is 0.320 e. The van der Waals surface area contributed by atoms with Crippen LogP contribution in [0.5, 0.6) is 0 Å². The second-order valence-corrected chi connectivity index (χ2v) is 5.79. The molecule has 122 valence electrons. The second kappa shape index (κ2) is 8.19. The van der Waals surface area contributed by atoms with Crippen LogP contribution in [0.15, 0.2) is 0 Å². The molecule has 2 unspecified atom stereocenters. The maximum atomic E-state index is 12.2. The van der Waals surface area contributed by atoms with Gasteiger partial charge in [0.1, 0.15) is 6.04 Å². The number of ether oxygens (including phenoxy) is 1. The highest BCUT2D eigenvalue weighted by Gasteiger charge is 2.28. The summed E-state index contributed by atoms with van der Waals surface area (Å²) in [5.41, 5.74) is 0. The Kier molecular flexibility index (Phi) is 6.91. The Hall–Kier alpha value is -1.34. The van der Waals surface area contributed by atoms with E-state index < -0.39 is 12.0 Å². The van der Waals surface area contributed by atoms with Crippen molar-refractivity contribution in [1.82, 2.24) is 15.1 Å². The first-order valence-electron chi connectivity index (χ1n) is 7.38. The third-order valence-corrected chi connectivity index (χ3v) is 3.97. The fourth-order valence-corrected chi connectivity index (χ4v) is 2.30. The lowest BCUT2D eigenvalue weighted by atomic mass is 10.1. The van der Waals surface area contributed by atoms with Crippen LogP contribution in [0.2, 0.25) is 0 Å². The number of methoxy groups -OCH3 is 1. The molecule has 21 heavy (non-hydrogen) atoms. The molecule has 1 heterocycles. The Morgan fingerprint density at radius 1 is 1.19 bits per heavy atom. The third-order valence-electron chi connectivity index (χ3n) is 3.97. The number of carboxylic acid groups (broad SMARTS) is 1.